The molecule has 23 heavy (non-hydrogen) atoms. The number of amides is 2. The Morgan fingerprint density at radius 2 is 1.96 bits per heavy atom. The number of pyridine rings is 1. The van der Waals surface area contributed by atoms with E-state index in [-0.39, 0.29) is 17.9 Å². The average molecular weight is 337 g/mol. The number of rotatable bonds is 3. The van der Waals surface area contributed by atoms with Crippen LogP contribution in [0, 0.1) is 0 Å². The topological polar surface area (TPSA) is 79.5 Å². The van der Waals surface area contributed by atoms with E-state index in [1.165, 1.54) is 0 Å². The van der Waals surface area contributed by atoms with Gasteiger partial charge < -0.3 is 10.6 Å². The Bertz CT molecular complexity index is 601. The van der Waals surface area contributed by atoms with Gasteiger partial charge in [-0.1, -0.05) is 11.6 Å². The normalized spacial score (nSPS) is 23.2. The SMILES string of the molecule is NC(=O)[C@H]1CCCN1C1CCN(C(=O)c2cc(Cl)ccn2)CC1. The fraction of sp³-hybridized carbons (Fsp3) is 0.562. The molecule has 0 spiro atoms. The van der Waals surface area contributed by atoms with Crippen molar-refractivity contribution >= 4 is 23.4 Å². The Hall–Kier alpha value is -1.66. The van der Waals surface area contributed by atoms with Crippen LogP contribution in [-0.2, 0) is 4.79 Å². The van der Waals surface area contributed by atoms with Gasteiger partial charge in [-0.2, -0.15) is 0 Å². The number of carbonyl (C=O) groups is 2. The number of nitrogens with zero attached hydrogens (tertiary/aromatic N) is 3. The Morgan fingerprint density at radius 3 is 2.61 bits per heavy atom. The van der Waals surface area contributed by atoms with Gasteiger partial charge in [-0.15, -0.1) is 0 Å². The van der Waals surface area contributed by atoms with Gasteiger partial charge in [0.15, 0.2) is 0 Å². The van der Waals surface area contributed by atoms with Crippen LogP contribution in [0.3, 0.4) is 0 Å². The molecule has 0 aromatic carbocycles. The van der Waals surface area contributed by atoms with Gasteiger partial charge in [0.05, 0.1) is 6.04 Å². The lowest BCUT2D eigenvalue weighted by Crippen LogP contribution is -2.51. The van der Waals surface area contributed by atoms with Crippen LogP contribution >= 0.6 is 11.6 Å². The van der Waals surface area contributed by atoms with Crippen molar-refractivity contribution in [2.75, 3.05) is 19.6 Å². The second-order valence-electron chi connectivity index (χ2n) is 6.18. The van der Waals surface area contributed by atoms with Gasteiger partial charge in [-0.3, -0.25) is 19.5 Å². The van der Waals surface area contributed by atoms with Gasteiger partial charge in [0.2, 0.25) is 5.91 Å². The largest absolute Gasteiger partial charge is 0.368 e. The van der Waals surface area contributed by atoms with E-state index >= 15 is 0 Å². The lowest BCUT2D eigenvalue weighted by molar-refractivity contribution is -0.123. The van der Waals surface area contributed by atoms with Crippen LogP contribution in [0.15, 0.2) is 18.3 Å². The maximum absolute atomic E-state index is 12.5. The maximum atomic E-state index is 12.5. The maximum Gasteiger partial charge on any atom is 0.272 e. The minimum atomic E-state index is -0.232. The monoisotopic (exact) mass is 336 g/mol. The van der Waals surface area contributed by atoms with Gasteiger partial charge in [-0.05, 0) is 44.4 Å². The highest BCUT2D eigenvalue weighted by molar-refractivity contribution is 6.30. The van der Waals surface area contributed by atoms with E-state index < -0.39 is 0 Å². The predicted molar refractivity (Wildman–Crippen MR) is 87.1 cm³/mol. The predicted octanol–water partition coefficient (Wildman–Crippen LogP) is 1.29. The first-order valence-electron chi connectivity index (χ1n) is 8.02. The number of halogens is 1. The molecule has 0 saturated carbocycles. The first-order chi connectivity index (χ1) is 11.1. The molecule has 2 aliphatic rings. The van der Waals surface area contributed by atoms with E-state index in [2.05, 4.69) is 9.88 Å². The molecule has 0 aliphatic carbocycles. The van der Waals surface area contributed by atoms with Crippen LogP contribution in [0.2, 0.25) is 5.02 Å². The van der Waals surface area contributed by atoms with Crippen LogP contribution in [-0.4, -0.2) is 58.3 Å². The molecule has 1 atom stereocenters. The highest BCUT2D eigenvalue weighted by atomic mass is 35.5. The highest BCUT2D eigenvalue weighted by Gasteiger charge is 2.36. The van der Waals surface area contributed by atoms with E-state index in [0.29, 0.717) is 29.8 Å². The van der Waals surface area contributed by atoms with Gasteiger partial charge in [-0.25, -0.2) is 0 Å². The van der Waals surface area contributed by atoms with Crippen LogP contribution in [0.5, 0.6) is 0 Å². The van der Waals surface area contributed by atoms with Crippen LogP contribution in [0.25, 0.3) is 0 Å². The number of likely N-dealkylation sites (tertiary alicyclic amines) is 2. The van der Waals surface area contributed by atoms with Crippen molar-refractivity contribution in [2.24, 2.45) is 5.73 Å². The summed E-state index contributed by atoms with van der Waals surface area (Å²) in [5.41, 5.74) is 5.88. The third-order valence-corrected chi connectivity index (χ3v) is 5.02. The minimum absolute atomic E-state index is 0.0844. The van der Waals surface area contributed by atoms with E-state index in [9.17, 15) is 9.59 Å². The van der Waals surface area contributed by atoms with Crippen LogP contribution in [0.4, 0.5) is 0 Å². The van der Waals surface area contributed by atoms with Crippen molar-refractivity contribution in [1.29, 1.82) is 0 Å². The first-order valence-corrected chi connectivity index (χ1v) is 8.40. The minimum Gasteiger partial charge on any atom is -0.368 e. The lowest BCUT2D eigenvalue weighted by atomic mass is 10.0. The molecule has 7 heteroatoms. The third kappa shape index (κ3) is 3.48. The molecule has 2 saturated heterocycles. The Morgan fingerprint density at radius 1 is 1.22 bits per heavy atom. The number of hydrogen-bond acceptors (Lipinski definition) is 4. The van der Waals surface area contributed by atoms with E-state index in [1.54, 1.807) is 18.3 Å². The van der Waals surface area contributed by atoms with Crippen molar-refractivity contribution in [3.05, 3.63) is 29.0 Å². The van der Waals surface area contributed by atoms with Crippen molar-refractivity contribution in [3.8, 4) is 0 Å². The number of aromatic nitrogens is 1. The summed E-state index contributed by atoms with van der Waals surface area (Å²) in [5.74, 6) is -0.317. The summed E-state index contributed by atoms with van der Waals surface area (Å²) >= 11 is 5.92. The zero-order chi connectivity index (χ0) is 16.4. The van der Waals surface area contributed by atoms with Gasteiger partial charge in [0.25, 0.3) is 5.91 Å². The lowest BCUT2D eigenvalue weighted by Gasteiger charge is -2.38. The molecule has 6 nitrogen and oxygen atoms in total. The van der Waals surface area contributed by atoms with Crippen LogP contribution in [0.1, 0.15) is 36.2 Å². The molecular formula is C16H21ClN4O2. The Balaban J connectivity index is 1.60. The summed E-state index contributed by atoms with van der Waals surface area (Å²) in [7, 11) is 0. The molecule has 2 fully saturated rings. The highest BCUT2D eigenvalue weighted by Crippen LogP contribution is 2.26. The van der Waals surface area contributed by atoms with Crippen molar-refractivity contribution in [3.63, 3.8) is 0 Å². The zero-order valence-corrected chi connectivity index (χ0v) is 13.7. The first kappa shape index (κ1) is 16.2. The molecule has 3 rings (SSSR count). The second-order valence-corrected chi connectivity index (χ2v) is 6.62. The molecular weight excluding hydrogens is 316 g/mol. The van der Waals surface area contributed by atoms with Gasteiger partial charge >= 0.3 is 0 Å². The number of piperidine rings is 1. The summed E-state index contributed by atoms with van der Waals surface area (Å²) in [6.45, 7) is 2.25. The Kier molecular flexibility index (Phi) is 4.82. The zero-order valence-electron chi connectivity index (χ0n) is 12.9. The molecule has 2 aliphatic heterocycles. The fourth-order valence-corrected chi connectivity index (χ4v) is 3.78. The molecule has 0 radical (unpaired) electrons. The molecule has 0 bridgehead atoms. The molecule has 2 amide bonds. The van der Waals surface area contributed by atoms with E-state index in [4.69, 9.17) is 17.3 Å². The summed E-state index contributed by atoms with van der Waals surface area (Å²) in [4.78, 5) is 32.1. The number of hydrogen-bond donors (Lipinski definition) is 1. The summed E-state index contributed by atoms with van der Waals surface area (Å²) in [5, 5.41) is 0.514. The smallest absolute Gasteiger partial charge is 0.272 e. The molecule has 2 N–H and O–H groups in total. The van der Waals surface area contributed by atoms with Gasteiger partial charge in [0, 0.05) is 30.4 Å². The number of carbonyl (C=O) groups excluding carboxylic acids is 2. The quantitative estimate of drug-likeness (QED) is 0.902. The van der Waals surface area contributed by atoms with Crippen molar-refractivity contribution < 1.29 is 9.59 Å². The van der Waals surface area contributed by atoms with E-state index in [1.807, 2.05) is 4.90 Å². The third-order valence-electron chi connectivity index (χ3n) is 4.78. The molecule has 1 aromatic heterocycles. The Labute approximate surface area is 140 Å². The van der Waals surface area contributed by atoms with Gasteiger partial charge in [0.1, 0.15) is 5.69 Å². The summed E-state index contributed by atoms with van der Waals surface area (Å²) in [6.07, 6.45) is 5.12. The molecule has 3 heterocycles. The molecule has 1 aromatic rings. The molecule has 0 unspecified atom stereocenters. The van der Waals surface area contributed by atoms with Crippen molar-refractivity contribution in [1.82, 2.24) is 14.8 Å². The molecule has 124 valence electrons. The van der Waals surface area contributed by atoms with Crippen molar-refractivity contribution in [2.45, 2.75) is 37.8 Å². The second kappa shape index (κ2) is 6.84. The summed E-state index contributed by atoms with van der Waals surface area (Å²) < 4.78 is 0. The fourth-order valence-electron chi connectivity index (χ4n) is 3.62. The number of primary amides is 1. The summed E-state index contributed by atoms with van der Waals surface area (Å²) in [6, 6.07) is 3.44. The standard InChI is InChI=1S/C16H21ClN4O2/c17-11-3-6-19-13(10-11)16(23)20-8-4-12(5-9-20)21-7-1-2-14(21)15(18)22/h3,6,10,12,14H,1-2,4-5,7-9H2,(H2,18,22)/t14-/m1/s1. The van der Waals surface area contributed by atoms with E-state index in [0.717, 1.165) is 32.2 Å². The van der Waals surface area contributed by atoms with Crippen LogP contribution < -0.4 is 5.73 Å². The number of nitrogens with two attached hydrogens (primary N) is 1. The average Bonchev–Trinajstić information content (AvgIpc) is 3.04.